The summed E-state index contributed by atoms with van der Waals surface area (Å²) in [5.41, 5.74) is 1.89. The first-order valence-corrected chi connectivity index (χ1v) is 6.83. The second kappa shape index (κ2) is 5.98. The zero-order valence-electron chi connectivity index (χ0n) is 11.7. The number of hydrogen-bond donors (Lipinski definition) is 1. The van der Waals surface area contributed by atoms with Gasteiger partial charge in [0.25, 0.3) is 0 Å². The quantitative estimate of drug-likeness (QED) is 0.751. The smallest absolute Gasteiger partial charge is 0.414 e. The lowest BCUT2D eigenvalue weighted by atomic mass is 10.2. The first-order valence-electron chi connectivity index (χ1n) is 6.46. The van der Waals surface area contributed by atoms with Gasteiger partial charge in [-0.1, -0.05) is 41.9 Å². The van der Waals surface area contributed by atoms with Gasteiger partial charge in [-0.2, -0.15) is 9.97 Å². The molecule has 0 unspecified atom stereocenters. The van der Waals surface area contributed by atoms with Gasteiger partial charge in [0.1, 0.15) is 12.1 Å². The maximum Gasteiger partial charge on any atom is 0.414 e. The van der Waals surface area contributed by atoms with Crippen LogP contribution in [-0.2, 0) is 18.4 Å². The van der Waals surface area contributed by atoms with Crippen molar-refractivity contribution in [2.45, 2.75) is 6.61 Å². The number of benzene rings is 1. The van der Waals surface area contributed by atoms with E-state index in [1.807, 2.05) is 30.3 Å². The Labute approximate surface area is 130 Å². The van der Waals surface area contributed by atoms with Gasteiger partial charge in [-0.05, 0) is 5.56 Å². The first-order chi connectivity index (χ1) is 10.6. The molecule has 0 aliphatic heterocycles. The summed E-state index contributed by atoms with van der Waals surface area (Å²) >= 11 is 6.01. The van der Waals surface area contributed by atoms with Crippen LogP contribution in [0.1, 0.15) is 5.56 Å². The monoisotopic (exact) mass is 317 g/mol. The Morgan fingerprint density at radius 2 is 2.09 bits per heavy atom. The molecule has 1 amide bonds. The molecule has 0 aliphatic rings. The number of imidazole rings is 1. The van der Waals surface area contributed by atoms with Gasteiger partial charge in [0, 0.05) is 7.05 Å². The highest BCUT2D eigenvalue weighted by atomic mass is 35.5. The van der Waals surface area contributed by atoms with Crippen molar-refractivity contribution in [3.63, 3.8) is 0 Å². The van der Waals surface area contributed by atoms with E-state index in [2.05, 4.69) is 20.3 Å². The summed E-state index contributed by atoms with van der Waals surface area (Å²) in [4.78, 5) is 24.0. The number of aryl methyl sites for hydroxylation is 1. The average Bonchev–Trinajstić information content (AvgIpc) is 2.88. The van der Waals surface area contributed by atoms with Crippen LogP contribution >= 0.6 is 11.6 Å². The number of nitrogens with zero attached hydrogens (tertiary/aromatic N) is 4. The van der Waals surface area contributed by atoms with E-state index in [0.717, 1.165) is 5.56 Å². The molecule has 112 valence electrons. The maximum atomic E-state index is 11.8. The third kappa shape index (κ3) is 2.99. The molecule has 1 aromatic carbocycles. The number of amides is 1. The number of fused-ring (bicyclic) bond motifs is 1. The minimum Gasteiger partial charge on any atom is -0.444 e. The number of carbonyl (C=O) groups is 1. The zero-order valence-corrected chi connectivity index (χ0v) is 12.4. The fourth-order valence-corrected chi connectivity index (χ4v) is 2.09. The van der Waals surface area contributed by atoms with Gasteiger partial charge in [0.15, 0.2) is 10.8 Å². The Morgan fingerprint density at radius 3 is 2.86 bits per heavy atom. The Hall–Kier alpha value is -2.67. The lowest BCUT2D eigenvalue weighted by molar-refractivity contribution is 0.155. The van der Waals surface area contributed by atoms with Crippen molar-refractivity contribution in [1.82, 2.24) is 19.5 Å². The van der Waals surface area contributed by atoms with E-state index in [0.29, 0.717) is 11.2 Å². The molecule has 0 fully saturated rings. The molecule has 3 rings (SSSR count). The number of carbonyl (C=O) groups excluding carboxylic acids is 1. The van der Waals surface area contributed by atoms with Gasteiger partial charge in [-0.25, -0.2) is 9.78 Å². The summed E-state index contributed by atoms with van der Waals surface area (Å²) in [7, 11) is 1.77. The van der Waals surface area contributed by atoms with Gasteiger partial charge in [-0.15, -0.1) is 0 Å². The highest BCUT2D eigenvalue weighted by molar-refractivity contribution is 6.33. The molecule has 22 heavy (non-hydrogen) atoms. The lowest BCUT2D eigenvalue weighted by Gasteiger charge is -2.06. The summed E-state index contributed by atoms with van der Waals surface area (Å²) in [6, 6.07) is 9.36. The molecule has 7 nitrogen and oxygen atoms in total. The van der Waals surface area contributed by atoms with E-state index in [4.69, 9.17) is 16.3 Å². The summed E-state index contributed by atoms with van der Waals surface area (Å²) in [6.07, 6.45) is 0.921. The standard InChI is InChI=1S/C14H12ClN5O2/c1-20-8-16-10-11(15)17-13(18-12(10)20)19-14(21)22-7-9-5-3-2-4-6-9/h2-6,8H,7H2,1H3,(H,17,18,19,21). The largest absolute Gasteiger partial charge is 0.444 e. The lowest BCUT2D eigenvalue weighted by Crippen LogP contribution is -2.16. The summed E-state index contributed by atoms with van der Waals surface area (Å²) in [5, 5.41) is 2.62. The van der Waals surface area contributed by atoms with Crippen LogP contribution in [0.5, 0.6) is 0 Å². The van der Waals surface area contributed by atoms with Gasteiger partial charge in [0.05, 0.1) is 6.33 Å². The molecule has 0 saturated heterocycles. The van der Waals surface area contributed by atoms with Crippen molar-refractivity contribution in [2.24, 2.45) is 7.05 Å². The number of nitrogens with one attached hydrogen (secondary N) is 1. The molecular weight excluding hydrogens is 306 g/mol. The predicted octanol–water partition coefficient (Wildman–Crippen LogP) is 2.77. The van der Waals surface area contributed by atoms with Crippen LogP contribution in [0.3, 0.4) is 0 Å². The molecule has 0 spiro atoms. The van der Waals surface area contributed by atoms with E-state index in [9.17, 15) is 4.79 Å². The molecule has 0 saturated carbocycles. The molecule has 8 heteroatoms. The maximum absolute atomic E-state index is 11.8. The van der Waals surface area contributed by atoms with Crippen molar-refractivity contribution < 1.29 is 9.53 Å². The Morgan fingerprint density at radius 1 is 1.32 bits per heavy atom. The number of halogens is 1. The molecule has 2 aromatic heterocycles. The van der Waals surface area contributed by atoms with Gasteiger partial charge in [0.2, 0.25) is 5.95 Å². The Balaban J connectivity index is 1.70. The van der Waals surface area contributed by atoms with Gasteiger partial charge < -0.3 is 9.30 Å². The fourth-order valence-electron chi connectivity index (χ4n) is 1.88. The molecule has 2 heterocycles. The Bertz CT molecular complexity index is 819. The van der Waals surface area contributed by atoms with Crippen molar-refractivity contribution in [2.75, 3.05) is 5.32 Å². The van der Waals surface area contributed by atoms with Crippen molar-refractivity contribution >= 4 is 34.8 Å². The van der Waals surface area contributed by atoms with Crippen LogP contribution in [0.2, 0.25) is 5.15 Å². The number of rotatable bonds is 3. The second-order valence-corrected chi connectivity index (χ2v) is 4.91. The average molecular weight is 318 g/mol. The SMILES string of the molecule is Cn1cnc2c(Cl)nc(NC(=O)OCc3ccccc3)nc21. The topological polar surface area (TPSA) is 81.9 Å². The predicted molar refractivity (Wildman–Crippen MR) is 81.6 cm³/mol. The molecule has 3 aromatic rings. The number of hydrogen-bond acceptors (Lipinski definition) is 5. The molecule has 1 N–H and O–H groups in total. The molecular formula is C14H12ClN5O2. The molecule has 0 aliphatic carbocycles. The van der Waals surface area contributed by atoms with Gasteiger partial charge >= 0.3 is 6.09 Å². The third-order valence-electron chi connectivity index (χ3n) is 2.94. The molecule has 0 bridgehead atoms. The van der Waals surface area contributed by atoms with Crippen molar-refractivity contribution in [3.8, 4) is 0 Å². The summed E-state index contributed by atoms with van der Waals surface area (Å²) < 4.78 is 6.78. The highest BCUT2D eigenvalue weighted by Gasteiger charge is 2.12. The van der Waals surface area contributed by atoms with E-state index in [-0.39, 0.29) is 17.7 Å². The number of ether oxygens (including phenoxy) is 1. The van der Waals surface area contributed by atoms with Crippen LogP contribution in [-0.4, -0.2) is 25.6 Å². The van der Waals surface area contributed by atoms with Crippen LogP contribution in [0.25, 0.3) is 11.2 Å². The van der Waals surface area contributed by atoms with E-state index >= 15 is 0 Å². The van der Waals surface area contributed by atoms with E-state index < -0.39 is 6.09 Å². The minimum absolute atomic E-state index is 0.0687. The van der Waals surface area contributed by atoms with Crippen molar-refractivity contribution in [1.29, 1.82) is 0 Å². The normalized spacial score (nSPS) is 10.6. The second-order valence-electron chi connectivity index (χ2n) is 4.55. The first kappa shape index (κ1) is 14.3. The number of anilines is 1. The third-order valence-corrected chi connectivity index (χ3v) is 3.21. The van der Waals surface area contributed by atoms with Crippen LogP contribution in [0.15, 0.2) is 36.7 Å². The highest BCUT2D eigenvalue weighted by Crippen LogP contribution is 2.19. The summed E-state index contributed by atoms with van der Waals surface area (Å²) in [6.45, 7) is 0.161. The molecule has 0 atom stereocenters. The van der Waals surface area contributed by atoms with E-state index in [1.54, 1.807) is 17.9 Å². The minimum atomic E-state index is -0.651. The van der Waals surface area contributed by atoms with Gasteiger partial charge in [-0.3, -0.25) is 5.32 Å². The van der Waals surface area contributed by atoms with Crippen LogP contribution < -0.4 is 5.32 Å². The van der Waals surface area contributed by atoms with Crippen molar-refractivity contribution in [3.05, 3.63) is 47.4 Å². The van der Waals surface area contributed by atoms with E-state index in [1.165, 1.54) is 0 Å². The fraction of sp³-hybridized carbons (Fsp3) is 0.143. The molecule has 0 radical (unpaired) electrons. The van der Waals surface area contributed by atoms with Crippen LogP contribution in [0, 0.1) is 0 Å². The number of aromatic nitrogens is 4. The van der Waals surface area contributed by atoms with Crippen LogP contribution in [0.4, 0.5) is 10.7 Å². The Kier molecular flexibility index (Phi) is 3.88. The summed E-state index contributed by atoms with van der Waals surface area (Å²) in [5.74, 6) is 0.0687. The zero-order chi connectivity index (χ0) is 15.5.